The van der Waals surface area contributed by atoms with Gasteiger partial charge in [0.15, 0.2) is 0 Å². The van der Waals surface area contributed by atoms with Crippen molar-refractivity contribution in [2.24, 2.45) is 11.3 Å². The van der Waals surface area contributed by atoms with E-state index >= 15 is 0 Å². The van der Waals surface area contributed by atoms with Crippen LogP contribution in [0.1, 0.15) is 95.9 Å². The highest BCUT2D eigenvalue weighted by Gasteiger charge is 2.49. The molecule has 3 heterocycles. The van der Waals surface area contributed by atoms with Crippen molar-refractivity contribution >= 4 is 16.8 Å². The molecular weight excluding hydrogens is 494 g/mol. The Morgan fingerprint density at radius 1 is 1.15 bits per heavy atom. The molecular formula is C34H41N5O. The third kappa shape index (κ3) is 4.84. The summed E-state index contributed by atoms with van der Waals surface area (Å²) >= 11 is 0. The molecule has 1 spiro atoms. The van der Waals surface area contributed by atoms with Crippen molar-refractivity contribution in [1.82, 2.24) is 20.5 Å². The quantitative estimate of drug-likeness (QED) is 0.357. The molecule has 4 aliphatic rings. The summed E-state index contributed by atoms with van der Waals surface area (Å²) in [5.41, 5.74) is 7.95. The van der Waals surface area contributed by atoms with E-state index in [1.165, 1.54) is 46.9 Å². The molecule has 1 unspecified atom stereocenters. The summed E-state index contributed by atoms with van der Waals surface area (Å²) < 4.78 is 0. The minimum absolute atomic E-state index is 0.0247. The number of nitriles is 1. The molecule has 1 amide bonds. The Bertz CT molecular complexity index is 1430. The van der Waals surface area contributed by atoms with Gasteiger partial charge in [-0.15, -0.1) is 0 Å². The molecule has 1 aromatic heterocycles. The zero-order chi connectivity index (χ0) is 27.3. The molecule has 2 saturated carbocycles. The Kier molecular flexibility index (Phi) is 6.68. The molecule has 2 saturated heterocycles. The van der Waals surface area contributed by atoms with E-state index in [0.717, 1.165) is 63.8 Å². The van der Waals surface area contributed by atoms with Gasteiger partial charge < -0.3 is 15.6 Å². The molecule has 3 N–H and O–H groups in total. The molecule has 6 nitrogen and oxygen atoms in total. The average molecular weight is 536 g/mol. The van der Waals surface area contributed by atoms with Crippen LogP contribution in [-0.2, 0) is 6.54 Å². The summed E-state index contributed by atoms with van der Waals surface area (Å²) in [5.74, 6) is 0.935. The van der Waals surface area contributed by atoms with Crippen LogP contribution in [0.5, 0.6) is 0 Å². The lowest BCUT2D eigenvalue weighted by atomic mass is 9.56. The number of aryl methyl sites for hydroxylation is 1. The number of rotatable bonds is 6. The van der Waals surface area contributed by atoms with Crippen LogP contribution in [-0.4, -0.2) is 41.5 Å². The SMILES string of the molecule is Cc1cc(C2CC2)c(CN2CCC3(CC(C#N)C3)CC2c2ccc(C(=O)N[C@H]3CCCNC3)cc2)c2cc[nH]c12. The molecule has 40 heavy (non-hydrogen) atoms. The number of nitrogens with one attached hydrogen (secondary N) is 3. The number of likely N-dealkylation sites (tertiary alicyclic amines) is 1. The van der Waals surface area contributed by atoms with E-state index in [1.807, 2.05) is 12.1 Å². The molecule has 7 rings (SSSR count). The fraction of sp³-hybridized carbons (Fsp3) is 0.529. The fourth-order valence-corrected chi connectivity index (χ4v) is 7.88. The van der Waals surface area contributed by atoms with E-state index in [2.05, 4.69) is 64.0 Å². The van der Waals surface area contributed by atoms with Crippen LogP contribution in [0.25, 0.3) is 10.9 Å². The number of hydrogen-bond donors (Lipinski definition) is 3. The Morgan fingerprint density at radius 3 is 2.70 bits per heavy atom. The Labute approximate surface area is 237 Å². The van der Waals surface area contributed by atoms with E-state index in [4.69, 9.17) is 0 Å². The average Bonchev–Trinajstić information content (AvgIpc) is 3.69. The molecule has 2 aromatic carbocycles. The topological polar surface area (TPSA) is 83.9 Å². The van der Waals surface area contributed by atoms with Gasteiger partial charge in [0, 0.05) is 53.8 Å². The van der Waals surface area contributed by atoms with Crippen molar-refractivity contribution in [3.63, 3.8) is 0 Å². The van der Waals surface area contributed by atoms with Crippen molar-refractivity contribution in [3.8, 4) is 6.07 Å². The lowest BCUT2D eigenvalue weighted by molar-refractivity contribution is -0.0297. The number of aromatic amines is 1. The first kappa shape index (κ1) is 25.8. The van der Waals surface area contributed by atoms with Crippen LogP contribution in [0, 0.1) is 29.6 Å². The fourth-order valence-electron chi connectivity index (χ4n) is 7.88. The highest BCUT2D eigenvalue weighted by Crippen LogP contribution is 2.57. The van der Waals surface area contributed by atoms with Gasteiger partial charge in [0.1, 0.15) is 0 Å². The third-order valence-corrected chi connectivity index (χ3v) is 10.3. The molecule has 3 aromatic rings. The minimum Gasteiger partial charge on any atom is -0.361 e. The summed E-state index contributed by atoms with van der Waals surface area (Å²) in [5, 5.41) is 17.5. The summed E-state index contributed by atoms with van der Waals surface area (Å²) in [6.07, 6.45) is 11.1. The number of aromatic nitrogens is 1. The zero-order valence-corrected chi connectivity index (χ0v) is 23.6. The largest absolute Gasteiger partial charge is 0.361 e. The molecule has 2 atom stereocenters. The van der Waals surface area contributed by atoms with Crippen LogP contribution < -0.4 is 10.6 Å². The first-order valence-corrected chi connectivity index (χ1v) is 15.4. The second-order valence-corrected chi connectivity index (χ2v) is 13.1. The first-order valence-electron chi connectivity index (χ1n) is 15.4. The molecule has 0 bridgehead atoms. The van der Waals surface area contributed by atoms with Gasteiger partial charge >= 0.3 is 0 Å². The van der Waals surface area contributed by atoms with Crippen LogP contribution in [0.2, 0.25) is 0 Å². The van der Waals surface area contributed by atoms with E-state index in [-0.39, 0.29) is 29.3 Å². The number of nitrogens with zero attached hydrogens (tertiary/aromatic N) is 2. The molecule has 0 radical (unpaired) electrons. The van der Waals surface area contributed by atoms with Crippen molar-refractivity contribution < 1.29 is 4.79 Å². The predicted molar refractivity (Wildman–Crippen MR) is 158 cm³/mol. The number of fused-ring (bicyclic) bond motifs is 1. The zero-order valence-electron chi connectivity index (χ0n) is 23.6. The Morgan fingerprint density at radius 2 is 1.98 bits per heavy atom. The normalized spacial score (nSPS) is 28.8. The number of carbonyl (C=O) groups is 1. The number of benzene rings is 2. The summed E-state index contributed by atoms with van der Waals surface area (Å²) in [6.45, 7) is 6.11. The Hall–Kier alpha value is -3.14. The Balaban J connectivity index is 1.16. The van der Waals surface area contributed by atoms with Gasteiger partial charge in [-0.1, -0.05) is 18.2 Å². The highest BCUT2D eigenvalue weighted by atomic mass is 16.1. The van der Waals surface area contributed by atoms with Crippen molar-refractivity contribution in [2.45, 2.75) is 82.8 Å². The lowest BCUT2D eigenvalue weighted by Crippen LogP contribution is -2.48. The van der Waals surface area contributed by atoms with E-state index in [1.54, 1.807) is 5.56 Å². The van der Waals surface area contributed by atoms with Gasteiger partial charge in [0.2, 0.25) is 0 Å². The molecule has 208 valence electrons. The third-order valence-electron chi connectivity index (χ3n) is 10.3. The maximum absolute atomic E-state index is 13.0. The molecule has 2 aliphatic heterocycles. The second-order valence-electron chi connectivity index (χ2n) is 13.1. The minimum atomic E-state index is 0.0247. The van der Waals surface area contributed by atoms with Crippen LogP contribution >= 0.6 is 0 Å². The van der Waals surface area contributed by atoms with E-state index in [0.29, 0.717) is 5.92 Å². The van der Waals surface area contributed by atoms with Crippen LogP contribution in [0.15, 0.2) is 42.6 Å². The predicted octanol–water partition coefficient (Wildman–Crippen LogP) is 6.09. The number of piperidine rings is 2. The van der Waals surface area contributed by atoms with E-state index < -0.39 is 0 Å². The molecule has 4 fully saturated rings. The molecule has 2 aliphatic carbocycles. The summed E-state index contributed by atoms with van der Waals surface area (Å²) in [4.78, 5) is 19.2. The lowest BCUT2D eigenvalue weighted by Gasteiger charge is -2.53. The smallest absolute Gasteiger partial charge is 0.251 e. The molecule has 6 heteroatoms. The number of carbonyl (C=O) groups excluding carboxylic acids is 1. The second kappa shape index (κ2) is 10.4. The van der Waals surface area contributed by atoms with Crippen molar-refractivity contribution in [2.75, 3.05) is 19.6 Å². The summed E-state index contributed by atoms with van der Waals surface area (Å²) in [6, 6.07) is 16.1. The van der Waals surface area contributed by atoms with E-state index in [9.17, 15) is 10.1 Å². The van der Waals surface area contributed by atoms with Crippen molar-refractivity contribution in [1.29, 1.82) is 5.26 Å². The maximum Gasteiger partial charge on any atom is 0.251 e. The summed E-state index contributed by atoms with van der Waals surface area (Å²) in [7, 11) is 0. The maximum atomic E-state index is 13.0. The van der Waals surface area contributed by atoms with Gasteiger partial charge in [-0.25, -0.2) is 0 Å². The van der Waals surface area contributed by atoms with Gasteiger partial charge in [-0.05, 0) is 123 Å². The number of H-pyrrole nitrogens is 1. The highest BCUT2D eigenvalue weighted by molar-refractivity contribution is 5.94. The monoisotopic (exact) mass is 535 g/mol. The van der Waals surface area contributed by atoms with Gasteiger partial charge in [-0.3, -0.25) is 9.69 Å². The standard InChI is InChI=1S/C34H41N5O/c1-22-15-29(24-4-5-24)30(28-10-13-37-32(22)28)21-39-14-11-34(16-23(17-34)19-35)18-31(39)25-6-8-26(9-7-25)33(40)38-27-3-2-12-36-20-27/h6-10,13,15,23-24,27,31,36-37H,2-5,11-12,14,16-18,20-21H2,1H3,(H,38,40)/t23?,27-,31?,34?/m0/s1. The van der Waals surface area contributed by atoms with Crippen LogP contribution in [0.4, 0.5) is 0 Å². The van der Waals surface area contributed by atoms with Gasteiger partial charge in [0.05, 0.1) is 6.07 Å². The van der Waals surface area contributed by atoms with Gasteiger partial charge in [-0.2, -0.15) is 5.26 Å². The number of hydrogen-bond acceptors (Lipinski definition) is 4. The van der Waals surface area contributed by atoms with Crippen LogP contribution in [0.3, 0.4) is 0 Å². The first-order chi connectivity index (χ1) is 19.5. The van der Waals surface area contributed by atoms with Crippen molar-refractivity contribution in [3.05, 3.63) is 70.4 Å². The van der Waals surface area contributed by atoms with Gasteiger partial charge in [0.25, 0.3) is 5.91 Å². The number of amides is 1.